The van der Waals surface area contributed by atoms with Gasteiger partial charge in [-0.25, -0.2) is 14.0 Å². The Morgan fingerprint density at radius 3 is 1.75 bits per heavy atom. The van der Waals surface area contributed by atoms with Crippen molar-refractivity contribution in [2.75, 3.05) is 13.7 Å². The SMILES string of the molecule is CO/N=C/[C@@H](F)[C@H](OC(=O)c1ccc(C(F)(F)F)cc1)[C@@H](Br)COC(=O)c1ccc(C(F)(F)F)cc1. The number of ether oxygens (including phenoxy) is 2. The van der Waals surface area contributed by atoms with Gasteiger partial charge in [0.05, 0.1) is 33.3 Å². The van der Waals surface area contributed by atoms with Crippen LogP contribution in [0.5, 0.6) is 0 Å². The lowest BCUT2D eigenvalue weighted by atomic mass is 10.1. The largest absolute Gasteiger partial charge is 0.461 e. The third-order valence-corrected chi connectivity index (χ3v) is 5.28. The molecule has 0 saturated heterocycles. The predicted octanol–water partition coefficient (Wildman–Crippen LogP) is 5.84. The number of nitrogens with zero attached hydrogens (tertiary/aromatic N) is 1. The summed E-state index contributed by atoms with van der Waals surface area (Å²) < 4.78 is 101. The normalized spacial score (nSPS) is 14.7. The quantitative estimate of drug-likeness (QED) is 0.121. The van der Waals surface area contributed by atoms with Crippen LogP contribution in [0.1, 0.15) is 31.8 Å². The van der Waals surface area contributed by atoms with Crippen molar-refractivity contribution < 1.29 is 54.6 Å². The Hall–Kier alpha value is -3.16. The Balaban J connectivity index is 2.11. The highest BCUT2D eigenvalue weighted by molar-refractivity contribution is 9.09. The van der Waals surface area contributed by atoms with E-state index in [4.69, 9.17) is 9.47 Å². The van der Waals surface area contributed by atoms with Crippen molar-refractivity contribution in [1.82, 2.24) is 0 Å². The number of halogens is 8. The fraction of sp³-hybridized carbons (Fsp3) is 0.318. The molecule has 3 atom stereocenters. The van der Waals surface area contributed by atoms with Crippen LogP contribution in [-0.4, -0.2) is 49.0 Å². The molecule has 2 aromatic rings. The number of hydrogen-bond donors (Lipinski definition) is 0. The molecule has 0 aliphatic carbocycles. The second-order valence-electron chi connectivity index (χ2n) is 7.02. The number of alkyl halides is 8. The first kappa shape index (κ1) is 29.1. The molecule has 0 amide bonds. The van der Waals surface area contributed by atoms with Crippen LogP contribution < -0.4 is 0 Å². The second-order valence-corrected chi connectivity index (χ2v) is 8.19. The Morgan fingerprint density at radius 1 is 0.889 bits per heavy atom. The van der Waals surface area contributed by atoms with Crippen molar-refractivity contribution in [3.8, 4) is 0 Å². The van der Waals surface area contributed by atoms with Gasteiger partial charge in [-0.1, -0.05) is 21.1 Å². The maximum Gasteiger partial charge on any atom is 0.416 e. The van der Waals surface area contributed by atoms with Crippen LogP contribution in [0.4, 0.5) is 30.7 Å². The molecule has 0 aliphatic rings. The van der Waals surface area contributed by atoms with Gasteiger partial charge in [0, 0.05) is 0 Å². The van der Waals surface area contributed by atoms with Gasteiger partial charge in [0.1, 0.15) is 13.7 Å². The van der Waals surface area contributed by atoms with E-state index in [9.17, 15) is 40.3 Å². The van der Waals surface area contributed by atoms with Gasteiger partial charge in [-0.3, -0.25) is 0 Å². The van der Waals surface area contributed by atoms with Crippen LogP contribution in [0.25, 0.3) is 0 Å². The highest BCUT2D eigenvalue weighted by Crippen LogP contribution is 2.30. The van der Waals surface area contributed by atoms with Gasteiger partial charge in [0.25, 0.3) is 0 Å². The van der Waals surface area contributed by atoms with E-state index < -0.39 is 59.1 Å². The predicted molar refractivity (Wildman–Crippen MR) is 115 cm³/mol. The van der Waals surface area contributed by atoms with Crippen molar-refractivity contribution in [3.63, 3.8) is 0 Å². The number of rotatable bonds is 9. The lowest BCUT2D eigenvalue weighted by Crippen LogP contribution is -2.39. The molecule has 0 heterocycles. The lowest BCUT2D eigenvalue weighted by Gasteiger charge is -2.24. The van der Waals surface area contributed by atoms with Gasteiger partial charge >= 0.3 is 24.3 Å². The van der Waals surface area contributed by atoms with Crippen LogP contribution in [-0.2, 0) is 26.7 Å². The van der Waals surface area contributed by atoms with Gasteiger partial charge in [-0.2, -0.15) is 26.3 Å². The Morgan fingerprint density at radius 2 is 1.33 bits per heavy atom. The molecule has 0 fully saturated rings. The van der Waals surface area contributed by atoms with Gasteiger partial charge in [-0.15, -0.1) is 0 Å². The van der Waals surface area contributed by atoms with E-state index in [0.717, 1.165) is 31.4 Å². The fourth-order valence-corrected chi connectivity index (χ4v) is 3.19. The summed E-state index contributed by atoms with van der Waals surface area (Å²) in [5.41, 5.74) is -2.53. The zero-order chi connectivity index (χ0) is 27.1. The summed E-state index contributed by atoms with van der Waals surface area (Å²) in [5, 5.41) is 3.23. The first-order chi connectivity index (χ1) is 16.7. The zero-order valence-electron chi connectivity index (χ0n) is 18.1. The highest BCUT2D eigenvalue weighted by atomic mass is 79.9. The van der Waals surface area contributed by atoms with E-state index in [-0.39, 0.29) is 11.1 Å². The minimum Gasteiger partial charge on any atom is -0.461 e. The molecule has 6 nitrogen and oxygen atoms in total. The molecule has 0 spiro atoms. The van der Waals surface area contributed by atoms with Gasteiger partial charge in [0.15, 0.2) is 12.3 Å². The summed E-state index contributed by atoms with van der Waals surface area (Å²) in [5.74, 6) is -2.22. The Labute approximate surface area is 208 Å². The summed E-state index contributed by atoms with van der Waals surface area (Å²) in [6, 6.07) is 6.09. The summed E-state index contributed by atoms with van der Waals surface area (Å²) >= 11 is 3.02. The molecule has 14 heteroatoms. The molecule has 0 aliphatic heterocycles. The molecule has 0 bridgehead atoms. The smallest absolute Gasteiger partial charge is 0.416 e. The van der Waals surface area contributed by atoms with E-state index >= 15 is 0 Å². The third kappa shape index (κ3) is 8.21. The molecule has 0 saturated carbocycles. The molecule has 0 aromatic heterocycles. The van der Waals surface area contributed by atoms with Crippen LogP contribution >= 0.6 is 15.9 Å². The molecule has 0 radical (unpaired) electrons. The topological polar surface area (TPSA) is 74.2 Å². The van der Waals surface area contributed by atoms with Crippen molar-refractivity contribution in [3.05, 3.63) is 70.8 Å². The molecule has 196 valence electrons. The molecule has 0 N–H and O–H groups in total. The van der Waals surface area contributed by atoms with Gasteiger partial charge in [-0.05, 0) is 48.5 Å². The number of carbonyl (C=O) groups excluding carboxylic acids is 2. The number of oxime groups is 1. The molecule has 0 unspecified atom stereocenters. The van der Waals surface area contributed by atoms with Gasteiger partial charge < -0.3 is 14.3 Å². The van der Waals surface area contributed by atoms with Crippen LogP contribution in [0, 0.1) is 0 Å². The van der Waals surface area contributed by atoms with Crippen LogP contribution in [0.3, 0.4) is 0 Å². The highest BCUT2D eigenvalue weighted by Gasteiger charge is 2.34. The lowest BCUT2D eigenvalue weighted by molar-refractivity contribution is -0.138. The number of carbonyl (C=O) groups is 2. The molecule has 36 heavy (non-hydrogen) atoms. The van der Waals surface area contributed by atoms with E-state index in [1.807, 2.05) is 0 Å². The monoisotopic (exact) mass is 587 g/mol. The first-order valence-electron chi connectivity index (χ1n) is 9.81. The molecular weight excluding hydrogens is 571 g/mol. The Kier molecular flexibility index (Phi) is 9.85. The number of hydrogen-bond acceptors (Lipinski definition) is 6. The fourth-order valence-electron chi connectivity index (χ4n) is 2.66. The van der Waals surface area contributed by atoms with Crippen LogP contribution in [0.2, 0.25) is 0 Å². The molecule has 2 rings (SSSR count). The standard InChI is InChI=1S/C22H17BrF7NO5/c1-34-31-10-17(24)18(36-20(33)13-4-8-15(9-5-13)22(28,29)30)16(23)11-35-19(32)12-2-6-14(7-3-12)21(25,26)27/h2-10,16-18H,11H2,1H3/b31-10+/t16-,17+,18+/m0/s1. The summed E-state index contributed by atoms with van der Waals surface area (Å²) in [7, 11) is 1.11. The van der Waals surface area contributed by atoms with E-state index in [1.165, 1.54) is 0 Å². The maximum absolute atomic E-state index is 14.7. The van der Waals surface area contributed by atoms with Crippen molar-refractivity contribution in [2.45, 2.75) is 29.5 Å². The minimum absolute atomic E-state index is 0.223. The van der Waals surface area contributed by atoms with E-state index in [0.29, 0.717) is 30.5 Å². The second kappa shape index (κ2) is 12.2. The third-order valence-electron chi connectivity index (χ3n) is 4.49. The zero-order valence-corrected chi connectivity index (χ0v) is 19.7. The van der Waals surface area contributed by atoms with Crippen molar-refractivity contribution >= 4 is 34.1 Å². The van der Waals surface area contributed by atoms with E-state index in [1.54, 1.807) is 0 Å². The van der Waals surface area contributed by atoms with Crippen molar-refractivity contribution in [2.24, 2.45) is 5.16 Å². The number of benzene rings is 2. The summed E-state index contributed by atoms with van der Waals surface area (Å²) in [6.07, 6.45) is -12.4. The maximum atomic E-state index is 14.7. The average molecular weight is 588 g/mol. The first-order valence-corrected chi connectivity index (χ1v) is 10.7. The van der Waals surface area contributed by atoms with Crippen LogP contribution in [0.15, 0.2) is 53.7 Å². The molecular formula is C22H17BrF7NO5. The average Bonchev–Trinajstić information content (AvgIpc) is 2.83. The summed E-state index contributed by atoms with van der Waals surface area (Å²) in [6.45, 7) is -0.605. The molecule has 2 aromatic carbocycles. The Bertz CT molecular complexity index is 1060. The minimum atomic E-state index is -4.64. The van der Waals surface area contributed by atoms with Gasteiger partial charge in [0.2, 0.25) is 0 Å². The summed E-state index contributed by atoms with van der Waals surface area (Å²) in [4.78, 5) is 27.7. The van der Waals surface area contributed by atoms with Crippen molar-refractivity contribution in [1.29, 1.82) is 0 Å². The van der Waals surface area contributed by atoms with E-state index in [2.05, 4.69) is 25.9 Å². The number of esters is 2.